The monoisotopic (exact) mass is 299 g/mol. The van der Waals surface area contributed by atoms with Crippen molar-refractivity contribution in [3.63, 3.8) is 0 Å². The van der Waals surface area contributed by atoms with Gasteiger partial charge < -0.3 is 10.4 Å². The van der Waals surface area contributed by atoms with Gasteiger partial charge in [0, 0.05) is 17.3 Å². The van der Waals surface area contributed by atoms with Crippen molar-refractivity contribution in [2.24, 2.45) is 0 Å². The van der Waals surface area contributed by atoms with Crippen LogP contribution in [0.25, 0.3) is 0 Å². The number of aliphatic carboxylic acids is 1. The van der Waals surface area contributed by atoms with Crippen molar-refractivity contribution < 1.29 is 14.7 Å². The van der Waals surface area contributed by atoms with Crippen LogP contribution in [0.4, 0.5) is 9.93 Å². The van der Waals surface area contributed by atoms with Gasteiger partial charge in [-0.1, -0.05) is 13.3 Å². The highest BCUT2D eigenvalue weighted by Gasteiger charge is 2.21. The molecule has 1 rings (SSSR count). The van der Waals surface area contributed by atoms with Crippen LogP contribution in [-0.4, -0.2) is 27.6 Å². The van der Waals surface area contributed by atoms with Gasteiger partial charge in [-0.15, -0.1) is 11.3 Å². The summed E-state index contributed by atoms with van der Waals surface area (Å²) < 4.78 is 0. The molecule has 112 valence electrons. The van der Waals surface area contributed by atoms with Crippen molar-refractivity contribution in [1.82, 2.24) is 10.3 Å². The van der Waals surface area contributed by atoms with Gasteiger partial charge in [0.05, 0.1) is 5.69 Å². The van der Waals surface area contributed by atoms with Crippen LogP contribution >= 0.6 is 11.3 Å². The number of anilines is 1. The van der Waals surface area contributed by atoms with E-state index in [2.05, 4.69) is 22.5 Å². The zero-order valence-corrected chi connectivity index (χ0v) is 12.8. The molecular weight excluding hydrogens is 278 g/mol. The Morgan fingerprint density at radius 2 is 2.15 bits per heavy atom. The molecular formula is C13H21N3O3S. The molecule has 0 fully saturated rings. The standard InChI is InChI=1S/C13H21N3O3S/c1-4-5-9-8-20-12(14-9)15-11(19)16-13(2,3)7-6-10(17)18/h8H,4-7H2,1-3H3,(H,17,18)(H2,14,15,16,19). The molecule has 0 aliphatic rings. The summed E-state index contributed by atoms with van der Waals surface area (Å²) in [6.45, 7) is 5.66. The van der Waals surface area contributed by atoms with Gasteiger partial charge in [-0.2, -0.15) is 0 Å². The molecule has 7 heteroatoms. The molecule has 1 aromatic heterocycles. The molecule has 2 amide bonds. The van der Waals surface area contributed by atoms with E-state index in [-0.39, 0.29) is 12.5 Å². The summed E-state index contributed by atoms with van der Waals surface area (Å²) in [5, 5.41) is 16.6. The molecule has 0 unspecified atom stereocenters. The summed E-state index contributed by atoms with van der Waals surface area (Å²) in [4.78, 5) is 26.7. The van der Waals surface area contributed by atoms with Gasteiger partial charge in [-0.3, -0.25) is 10.1 Å². The maximum atomic E-state index is 11.8. The van der Waals surface area contributed by atoms with E-state index >= 15 is 0 Å². The molecule has 0 spiro atoms. The maximum Gasteiger partial charge on any atom is 0.321 e. The SMILES string of the molecule is CCCc1csc(NC(=O)NC(C)(C)CCC(=O)O)n1. The molecule has 1 heterocycles. The number of hydrogen-bond acceptors (Lipinski definition) is 4. The molecule has 0 saturated carbocycles. The van der Waals surface area contributed by atoms with Crippen LogP contribution in [-0.2, 0) is 11.2 Å². The summed E-state index contributed by atoms with van der Waals surface area (Å²) in [5.74, 6) is -0.871. The lowest BCUT2D eigenvalue weighted by molar-refractivity contribution is -0.137. The number of amides is 2. The van der Waals surface area contributed by atoms with Gasteiger partial charge in [0.25, 0.3) is 0 Å². The number of aryl methyl sites for hydroxylation is 1. The van der Waals surface area contributed by atoms with E-state index in [0.717, 1.165) is 18.5 Å². The van der Waals surface area contributed by atoms with E-state index in [0.29, 0.717) is 11.6 Å². The van der Waals surface area contributed by atoms with Gasteiger partial charge in [0.2, 0.25) is 0 Å². The molecule has 6 nitrogen and oxygen atoms in total. The summed E-state index contributed by atoms with van der Waals surface area (Å²) >= 11 is 1.38. The first-order valence-electron chi connectivity index (χ1n) is 6.58. The van der Waals surface area contributed by atoms with E-state index in [1.165, 1.54) is 11.3 Å². The van der Waals surface area contributed by atoms with E-state index < -0.39 is 11.5 Å². The average molecular weight is 299 g/mol. The highest BCUT2D eigenvalue weighted by molar-refractivity contribution is 7.13. The Morgan fingerprint density at radius 1 is 1.45 bits per heavy atom. The molecule has 0 atom stereocenters. The summed E-state index contributed by atoms with van der Waals surface area (Å²) in [6.07, 6.45) is 2.29. The van der Waals surface area contributed by atoms with Crippen LogP contribution in [0.15, 0.2) is 5.38 Å². The van der Waals surface area contributed by atoms with Crippen LogP contribution in [0.3, 0.4) is 0 Å². The second-order valence-electron chi connectivity index (χ2n) is 5.25. The van der Waals surface area contributed by atoms with Gasteiger partial charge in [-0.25, -0.2) is 9.78 Å². The number of aromatic nitrogens is 1. The Morgan fingerprint density at radius 3 is 2.75 bits per heavy atom. The Hall–Kier alpha value is -1.63. The highest BCUT2D eigenvalue weighted by Crippen LogP contribution is 2.17. The number of nitrogens with zero attached hydrogens (tertiary/aromatic N) is 1. The summed E-state index contributed by atoms with van der Waals surface area (Å²) in [7, 11) is 0. The number of carboxylic acids is 1. The Bertz CT molecular complexity index is 471. The van der Waals surface area contributed by atoms with Crippen LogP contribution in [0.5, 0.6) is 0 Å². The fourth-order valence-electron chi connectivity index (χ4n) is 1.65. The van der Waals surface area contributed by atoms with Gasteiger partial charge in [0.1, 0.15) is 0 Å². The Kier molecular flexibility index (Phi) is 5.94. The van der Waals surface area contributed by atoms with E-state index in [1.807, 2.05) is 5.38 Å². The predicted molar refractivity (Wildman–Crippen MR) is 79.2 cm³/mol. The normalized spacial score (nSPS) is 11.2. The van der Waals surface area contributed by atoms with Crippen LogP contribution < -0.4 is 10.6 Å². The van der Waals surface area contributed by atoms with Crippen LogP contribution in [0.2, 0.25) is 0 Å². The smallest absolute Gasteiger partial charge is 0.321 e. The number of urea groups is 1. The first-order valence-corrected chi connectivity index (χ1v) is 7.45. The lowest BCUT2D eigenvalue weighted by Gasteiger charge is -2.25. The molecule has 0 bridgehead atoms. The van der Waals surface area contributed by atoms with Crippen molar-refractivity contribution in [3.8, 4) is 0 Å². The van der Waals surface area contributed by atoms with Crippen molar-refractivity contribution in [2.45, 2.75) is 52.0 Å². The van der Waals surface area contributed by atoms with Crippen LogP contribution in [0.1, 0.15) is 45.7 Å². The van der Waals surface area contributed by atoms with E-state index in [4.69, 9.17) is 5.11 Å². The Labute approximate surface area is 122 Å². The molecule has 0 aliphatic carbocycles. The zero-order chi connectivity index (χ0) is 15.2. The summed E-state index contributed by atoms with van der Waals surface area (Å²) in [6, 6.07) is -0.363. The third-order valence-corrected chi connectivity index (χ3v) is 3.50. The highest BCUT2D eigenvalue weighted by atomic mass is 32.1. The number of carbonyl (C=O) groups excluding carboxylic acids is 1. The predicted octanol–water partition coefficient (Wildman–Crippen LogP) is 2.86. The molecule has 20 heavy (non-hydrogen) atoms. The van der Waals surface area contributed by atoms with Gasteiger partial charge in [-0.05, 0) is 26.7 Å². The molecule has 0 aromatic carbocycles. The molecule has 0 radical (unpaired) electrons. The molecule has 0 saturated heterocycles. The summed E-state index contributed by atoms with van der Waals surface area (Å²) in [5.41, 5.74) is 0.393. The average Bonchev–Trinajstić information content (AvgIpc) is 2.74. The third-order valence-electron chi connectivity index (χ3n) is 2.69. The minimum atomic E-state index is -0.871. The molecule has 0 aliphatic heterocycles. The maximum absolute atomic E-state index is 11.8. The number of thiazole rings is 1. The first-order chi connectivity index (χ1) is 9.32. The fraction of sp³-hybridized carbons (Fsp3) is 0.615. The Balaban J connectivity index is 2.47. The number of hydrogen-bond donors (Lipinski definition) is 3. The second kappa shape index (κ2) is 7.23. The van der Waals surface area contributed by atoms with Crippen molar-refractivity contribution in [3.05, 3.63) is 11.1 Å². The quantitative estimate of drug-likeness (QED) is 0.722. The topological polar surface area (TPSA) is 91.3 Å². The van der Waals surface area contributed by atoms with Crippen molar-refractivity contribution >= 4 is 28.5 Å². The fourth-order valence-corrected chi connectivity index (χ4v) is 2.39. The zero-order valence-electron chi connectivity index (χ0n) is 12.0. The lowest BCUT2D eigenvalue weighted by atomic mass is 9.99. The minimum absolute atomic E-state index is 0.0190. The minimum Gasteiger partial charge on any atom is -0.481 e. The van der Waals surface area contributed by atoms with E-state index in [9.17, 15) is 9.59 Å². The lowest BCUT2D eigenvalue weighted by Crippen LogP contribution is -2.45. The number of nitrogens with one attached hydrogen (secondary N) is 2. The van der Waals surface area contributed by atoms with Crippen LogP contribution in [0, 0.1) is 0 Å². The van der Waals surface area contributed by atoms with Crippen molar-refractivity contribution in [2.75, 3.05) is 5.32 Å². The first kappa shape index (κ1) is 16.4. The molecule has 1 aromatic rings. The number of carbonyl (C=O) groups is 2. The third kappa shape index (κ3) is 6.01. The van der Waals surface area contributed by atoms with Crippen molar-refractivity contribution in [1.29, 1.82) is 0 Å². The van der Waals surface area contributed by atoms with E-state index in [1.54, 1.807) is 13.8 Å². The number of rotatable bonds is 7. The van der Waals surface area contributed by atoms with Gasteiger partial charge >= 0.3 is 12.0 Å². The number of carboxylic acid groups (broad SMARTS) is 1. The second-order valence-corrected chi connectivity index (χ2v) is 6.11. The van der Waals surface area contributed by atoms with Gasteiger partial charge in [0.15, 0.2) is 5.13 Å². The molecule has 3 N–H and O–H groups in total. The largest absolute Gasteiger partial charge is 0.481 e.